The number of carbonyl (C=O) groups excluding carboxylic acids is 1. The van der Waals surface area contributed by atoms with Crippen molar-refractivity contribution in [3.8, 4) is 17.2 Å². The van der Waals surface area contributed by atoms with E-state index in [9.17, 15) is 4.79 Å². The molecule has 1 amide bonds. The smallest absolute Gasteiger partial charge is 0.220 e. The lowest BCUT2D eigenvalue weighted by Crippen LogP contribution is -2.26. The summed E-state index contributed by atoms with van der Waals surface area (Å²) in [6.45, 7) is 1.97. The van der Waals surface area contributed by atoms with Crippen LogP contribution in [0.4, 0.5) is 0 Å². The molecule has 0 aliphatic heterocycles. The van der Waals surface area contributed by atoms with Gasteiger partial charge in [0.15, 0.2) is 11.5 Å². The summed E-state index contributed by atoms with van der Waals surface area (Å²) in [5, 5.41) is 3.02. The van der Waals surface area contributed by atoms with Gasteiger partial charge in [0.1, 0.15) is 5.75 Å². The molecule has 0 aliphatic rings. The summed E-state index contributed by atoms with van der Waals surface area (Å²) < 4.78 is 15.7. The van der Waals surface area contributed by atoms with Crippen molar-refractivity contribution in [3.63, 3.8) is 0 Å². The van der Waals surface area contributed by atoms with Crippen LogP contribution in [0.3, 0.4) is 0 Å². The number of nitrogens with one attached hydrogen (secondary N) is 1. The van der Waals surface area contributed by atoms with Crippen LogP contribution in [-0.2, 0) is 11.2 Å². The average molecular weight is 343 g/mol. The number of hydrogen-bond donors (Lipinski definition) is 1. The predicted molar refractivity (Wildman–Crippen MR) is 97.4 cm³/mol. The molecule has 134 valence electrons. The van der Waals surface area contributed by atoms with Gasteiger partial charge < -0.3 is 19.5 Å². The molecule has 0 bridgehead atoms. The van der Waals surface area contributed by atoms with Gasteiger partial charge in [-0.25, -0.2) is 0 Å². The summed E-state index contributed by atoms with van der Waals surface area (Å²) in [6, 6.07) is 13.3. The van der Waals surface area contributed by atoms with Crippen LogP contribution >= 0.6 is 0 Å². The minimum absolute atomic E-state index is 0.0121. The molecule has 0 saturated heterocycles. The fourth-order valence-corrected chi connectivity index (χ4v) is 2.58. The number of rotatable bonds is 8. The van der Waals surface area contributed by atoms with Gasteiger partial charge in [0.05, 0.1) is 27.4 Å². The first-order valence-electron chi connectivity index (χ1n) is 8.21. The number of methoxy groups -OCH3 is 3. The summed E-state index contributed by atoms with van der Waals surface area (Å²) in [7, 11) is 4.84. The first-order chi connectivity index (χ1) is 12.1. The van der Waals surface area contributed by atoms with Gasteiger partial charge in [-0.05, 0) is 48.7 Å². The Bertz CT molecular complexity index is 697. The molecular formula is C20H25NO4. The Balaban J connectivity index is 1.89. The Morgan fingerprint density at radius 3 is 2.24 bits per heavy atom. The lowest BCUT2D eigenvalue weighted by atomic mass is 10.1. The molecule has 2 aromatic carbocycles. The molecule has 1 atom stereocenters. The third-order valence-corrected chi connectivity index (χ3v) is 4.08. The molecule has 5 heteroatoms. The highest BCUT2D eigenvalue weighted by atomic mass is 16.5. The Morgan fingerprint density at radius 2 is 1.64 bits per heavy atom. The maximum absolute atomic E-state index is 12.2. The normalized spacial score (nSPS) is 11.5. The van der Waals surface area contributed by atoms with E-state index in [1.807, 2.05) is 49.4 Å². The van der Waals surface area contributed by atoms with Gasteiger partial charge in [0.25, 0.3) is 0 Å². The van der Waals surface area contributed by atoms with Crippen LogP contribution in [0.1, 0.15) is 30.5 Å². The highest BCUT2D eigenvalue weighted by molar-refractivity contribution is 5.76. The van der Waals surface area contributed by atoms with E-state index in [0.717, 1.165) is 16.9 Å². The third kappa shape index (κ3) is 5.14. The topological polar surface area (TPSA) is 56.8 Å². The first-order valence-corrected chi connectivity index (χ1v) is 8.21. The van der Waals surface area contributed by atoms with E-state index in [-0.39, 0.29) is 11.9 Å². The molecule has 0 heterocycles. The lowest BCUT2D eigenvalue weighted by Gasteiger charge is -2.15. The minimum atomic E-state index is -0.0520. The van der Waals surface area contributed by atoms with Gasteiger partial charge in [-0.3, -0.25) is 4.79 Å². The van der Waals surface area contributed by atoms with Crippen LogP contribution in [0, 0.1) is 0 Å². The standard InChI is InChI=1S/C20H25NO4/c1-14(16-7-9-17(23-2)10-8-16)21-20(22)12-6-15-5-11-18(24-3)19(13-15)25-4/h5,7-11,13-14H,6,12H2,1-4H3,(H,21,22). The second-order valence-corrected chi connectivity index (χ2v) is 5.75. The Labute approximate surface area is 148 Å². The Kier molecular flexibility index (Phi) is 6.69. The van der Waals surface area contributed by atoms with Crippen molar-refractivity contribution in [1.29, 1.82) is 0 Å². The van der Waals surface area contributed by atoms with Gasteiger partial charge in [-0.15, -0.1) is 0 Å². The van der Waals surface area contributed by atoms with Crippen LogP contribution in [0.5, 0.6) is 17.2 Å². The molecular weight excluding hydrogens is 318 g/mol. The van der Waals surface area contributed by atoms with E-state index in [2.05, 4.69) is 5.32 Å². The zero-order valence-electron chi connectivity index (χ0n) is 15.2. The van der Waals surface area contributed by atoms with E-state index in [0.29, 0.717) is 24.3 Å². The van der Waals surface area contributed by atoms with Gasteiger partial charge in [-0.2, -0.15) is 0 Å². The largest absolute Gasteiger partial charge is 0.497 e. The predicted octanol–water partition coefficient (Wildman–Crippen LogP) is 3.52. The van der Waals surface area contributed by atoms with E-state index in [1.54, 1.807) is 21.3 Å². The van der Waals surface area contributed by atoms with Crippen LogP contribution in [0.15, 0.2) is 42.5 Å². The zero-order valence-corrected chi connectivity index (χ0v) is 15.2. The summed E-state index contributed by atoms with van der Waals surface area (Å²) in [5.74, 6) is 2.17. The van der Waals surface area contributed by atoms with Gasteiger partial charge in [0.2, 0.25) is 5.91 Å². The fourth-order valence-electron chi connectivity index (χ4n) is 2.58. The second-order valence-electron chi connectivity index (χ2n) is 5.75. The number of hydrogen-bond acceptors (Lipinski definition) is 4. The number of aryl methyl sites for hydroxylation is 1. The van der Waals surface area contributed by atoms with Crippen molar-refractivity contribution in [1.82, 2.24) is 5.32 Å². The van der Waals surface area contributed by atoms with E-state index in [1.165, 1.54) is 0 Å². The van der Waals surface area contributed by atoms with Crippen molar-refractivity contribution in [2.45, 2.75) is 25.8 Å². The molecule has 0 aromatic heterocycles. The molecule has 0 spiro atoms. The zero-order chi connectivity index (χ0) is 18.2. The SMILES string of the molecule is COc1ccc(C(C)NC(=O)CCc2ccc(OC)c(OC)c2)cc1. The third-order valence-electron chi connectivity index (χ3n) is 4.08. The molecule has 25 heavy (non-hydrogen) atoms. The molecule has 5 nitrogen and oxygen atoms in total. The van der Waals surface area contributed by atoms with Gasteiger partial charge in [-0.1, -0.05) is 18.2 Å². The maximum Gasteiger partial charge on any atom is 0.220 e. The quantitative estimate of drug-likeness (QED) is 0.797. The Morgan fingerprint density at radius 1 is 0.960 bits per heavy atom. The monoisotopic (exact) mass is 343 g/mol. The molecule has 0 radical (unpaired) electrons. The highest BCUT2D eigenvalue weighted by Crippen LogP contribution is 2.28. The number of benzene rings is 2. The molecule has 0 aliphatic carbocycles. The van der Waals surface area contributed by atoms with Crippen molar-refractivity contribution in [2.75, 3.05) is 21.3 Å². The summed E-state index contributed by atoms with van der Waals surface area (Å²) >= 11 is 0. The van der Waals surface area contributed by atoms with Crippen LogP contribution in [-0.4, -0.2) is 27.2 Å². The van der Waals surface area contributed by atoms with Crippen LogP contribution < -0.4 is 19.5 Å². The van der Waals surface area contributed by atoms with Crippen molar-refractivity contribution in [2.24, 2.45) is 0 Å². The highest BCUT2D eigenvalue weighted by Gasteiger charge is 2.11. The number of amides is 1. The maximum atomic E-state index is 12.2. The minimum Gasteiger partial charge on any atom is -0.497 e. The van der Waals surface area contributed by atoms with Crippen LogP contribution in [0.25, 0.3) is 0 Å². The van der Waals surface area contributed by atoms with E-state index >= 15 is 0 Å². The lowest BCUT2D eigenvalue weighted by molar-refractivity contribution is -0.121. The van der Waals surface area contributed by atoms with E-state index < -0.39 is 0 Å². The molecule has 2 rings (SSSR count). The summed E-state index contributed by atoms with van der Waals surface area (Å²) in [6.07, 6.45) is 1.05. The molecule has 0 fully saturated rings. The van der Waals surface area contributed by atoms with Crippen molar-refractivity contribution < 1.29 is 19.0 Å². The number of carbonyl (C=O) groups is 1. The average Bonchev–Trinajstić information content (AvgIpc) is 2.66. The summed E-state index contributed by atoms with van der Waals surface area (Å²) in [5.41, 5.74) is 2.07. The van der Waals surface area contributed by atoms with Crippen molar-refractivity contribution in [3.05, 3.63) is 53.6 Å². The first kappa shape index (κ1) is 18.6. The summed E-state index contributed by atoms with van der Waals surface area (Å²) in [4.78, 5) is 12.2. The Hall–Kier alpha value is -2.69. The second kappa shape index (κ2) is 8.97. The van der Waals surface area contributed by atoms with Crippen LogP contribution in [0.2, 0.25) is 0 Å². The fraction of sp³-hybridized carbons (Fsp3) is 0.350. The molecule has 1 N–H and O–H groups in total. The molecule has 1 unspecified atom stereocenters. The number of ether oxygens (including phenoxy) is 3. The van der Waals surface area contributed by atoms with Gasteiger partial charge in [0, 0.05) is 6.42 Å². The van der Waals surface area contributed by atoms with Gasteiger partial charge >= 0.3 is 0 Å². The van der Waals surface area contributed by atoms with Crippen molar-refractivity contribution >= 4 is 5.91 Å². The molecule has 0 saturated carbocycles. The molecule has 2 aromatic rings. The van der Waals surface area contributed by atoms with E-state index in [4.69, 9.17) is 14.2 Å².